The molecule has 5 nitrogen and oxygen atoms in total. The first kappa shape index (κ1) is 18.5. The zero-order valence-electron chi connectivity index (χ0n) is 16.4. The summed E-state index contributed by atoms with van der Waals surface area (Å²) in [5, 5.41) is 3.04. The lowest BCUT2D eigenvalue weighted by Gasteiger charge is -2.18. The number of nitrogens with zero attached hydrogens (tertiary/aromatic N) is 3. The van der Waals surface area contributed by atoms with Crippen LogP contribution < -0.4 is 5.32 Å². The van der Waals surface area contributed by atoms with Gasteiger partial charge in [-0.25, -0.2) is 9.78 Å². The predicted molar refractivity (Wildman–Crippen MR) is 106 cm³/mol. The summed E-state index contributed by atoms with van der Waals surface area (Å²) >= 11 is 0. The Morgan fingerprint density at radius 2 is 2.08 bits per heavy atom. The molecule has 1 unspecified atom stereocenters. The third kappa shape index (κ3) is 4.09. The van der Waals surface area contributed by atoms with Crippen LogP contribution in [0.1, 0.15) is 42.4 Å². The van der Waals surface area contributed by atoms with Gasteiger partial charge in [0.2, 0.25) is 0 Å². The van der Waals surface area contributed by atoms with Gasteiger partial charge in [0.05, 0.1) is 0 Å². The van der Waals surface area contributed by atoms with Crippen LogP contribution in [-0.4, -0.2) is 33.6 Å². The van der Waals surface area contributed by atoms with E-state index in [4.69, 9.17) is 0 Å². The minimum Gasteiger partial charge on any atom is -0.332 e. The molecule has 140 valence electrons. The number of carbonyl (C=O) groups is 1. The molecule has 26 heavy (non-hydrogen) atoms. The summed E-state index contributed by atoms with van der Waals surface area (Å²) in [6.07, 6.45) is 5.06. The van der Waals surface area contributed by atoms with Crippen LogP contribution in [0.25, 0.3) is 0 Å². The minimum atomic E-state index is 0.00355. The summed E-state index contributed by atoms with van der Waals surface area (Å²) in [5.41, 5.74) is 4.53. The van der Waals surface area contributed by atoms with Gasteiger partial charge >= 0.3 is 6.03 Å². The van der Waals surface area contributed by atoms with E-state index >= 15 is 0 Å². The number of urea groups is 1. The molecule has 2 amide bonds. The number of carbonyl (C=O) groups excluding carboxylic acids is 1. The van der Waals surface area contributed by atoms with Crippen LogP contribution in [0.15, 0.2) is 24.4 Å². The van der Waals surface area contributed by atoms with Gasteiger partial charge < -0.3 is 14.8 Å². The van der Waals surface area contributed by atoms with E-state index in [1.807, 2.05) is 29.3 Å². The number of hydrogen-bond acceptors (Lipinski definition) is 2. The normalized spacial score (nSPS) is 16.9. The van der Waals surface area contributed by atoms with Crippen LogP contribution in [0, 0.1) is 26.7 Å². The van der Waals surface area contributed by atoms with E-state index in [9.17, 15) is 4.79 Å². The average Bonchev–Trinajstić information content (AvgIpc) is 3.21. The van der Waals surface area contributed by atoms with E-state index in [2.05, 4.69) is 42.6 Å². The van der Waals surface area contributed by atoms with Gasteiger partial charge in [-0.1, -0.05) is 13.0 Å². The Morgan fingerprint density at radius 3 is 2.81 bits per heavy atom. The number of aromatic nitrogens is 2. The second-order valence-electron chi connectivity index (χ2n) is 7.50. The van der Waals surface area contributed by atoms with Crippen molar-refractivity contribution >= 4 is 11.7 Å². The molecule has 1 atom stereocenters. The zero-order valence-corrected chi connectivity index (χ0v) is 16.4. The molecular formula is C21H30N4O. The monoisotopic (exact) mass is 354 g/mol. The number of rotatable bonds is 5. The van der Waals surface area contributed by atoms with Crippen LogP contribution in [0.4, 0.5) is 10.5 Å². The third-order valence-corrected chi connectivity index (χ3v) is 5.39. The van der Waals surface area contributed by atoms with Crippen molar-refractivity contribution in [3.05, 3.63) is 47.0 Å². The van der Waals surface area contributed by atoms with Gasteiger partial charge in [-0.05, 0) is 62.8 Å². The summed E-state index contributed by atoms with van der Waals surface area (Å²) in [6.45, 7) is 11.1. The summed E-state index contributed by atoms with van der Waals surface area (Å²) < 4.78 is 2.32. The Morgan fingerprint density at radius 1 is 1.27 bits per heavy atom. The summed E-state index contributed by atoms with van der Waals surface area (Å²) in [7, 11) is 0. The lowest BCUT2D eigenvalue weighted by molar-refractivity contribution is 0.220. The van der Waals surface area contributed by atoms with Crippen molar-refractivity contribution in [2.45, 2.75) is 53.5 Å². The molecule has 2 aromatic rings. The Balaban J connectivity index is 1.58. The first-order valence-corrected chi connectivity index (χ1v) is 9.62. The zero-order chi connectivity index (χ0) is 18.7. The quantitative estimate of drug-likeness (QED) is 0.869. The lowest BCUT2D eigenvalue weighted by Crippen LogP contribution is -2.33. The van der Waals surface area contributed by atoms with Crippen molar-refractivity contribution in [1.29, 1.82) is 0 Å². The molecule has 0 saturated carbocycles. The number of aryl methyl sites for hydroxylation is 3. The van der Waals surface area contributed by atoms with Gasteiger partial charge in [0.25, 0.3) is 0 Å². The van der Waals surface area contributed by atoms with E-state index in [1.165, 1.54) is 16.8 Å². The molecule has 1 aromatic carbocycles. The number of imidazole rings is 1. The van der Waals surface area contributed by atoms with E-state index in [-0.39, 0.29) is 6.03 Å². The molecule has 0 aliphatic carbocycles. The summed E-state index contributed by atoms with van der Waals surface area (Å²) in [4.78, 5) is 19.1. The topological polar surface area (TPSA) is 50.2 Å². The summed E-state index contributed by atoms with van der Waals surface area (Å²) in [5.74, 6) is 1.64. The molecule has 1 aliphatic heterocycles. The fourth-order valence-electron chi connectivity index (χ4n) is 3.67. The molecule has 1 aromatic heterocycles. The van der Waals surface area contributed by atoms with E-state index in [0.29, 0.717) is 5.92 Å². The fourth-order valence-corrected chi connectivity index (χ4v) is 3.67. The van der Waals surface area contributed by atoms with Gasteiger partial charge in [-0.2, -0.15) is 0 Å². The molecule has 0 radical (unpaired) electrons. The van der Waals surface area contributed by atoms with Crippen LogP contribution in [0.5, 0.6) is 0 Å². The highest BCUT2D eigenvalue weighted by Gasteiger charge is 2.27. The Hall–Kier alpha value is -2.30. The molecule has 1 N–H and O–H groups in total. The molecule has 1 saturated heterocycles. The second-order valence-corrected chi connectivity index (χ2v) is 7.50. The maximum absolute atomic E-state index is 12.6. The Kier molecular flexibility index (Phi) is 5.64. The first-order valence-electron chi connectivity index (χ1n) is 9.62. The van der Waals surface area contributed by atoms with Crippen molar-refractivity contribution in [3.8, 4) is 0 Å². The lowest BCUT2D eigenvalue weighted by atomic mass is 10.0. The highest BCUT2D eigenvalue weighted by Crippen LogP contribution is 2.22. The molecular weight excluding hydrogens is 324 g/mol. The van der Waals surface area contributed by atoms with Gasteiger partial charge in [0.1, 0.15) is 5.82 Å². The standard InChI is InChI=1S/C21H30N4O/c1-5-9-25-17(4)13-22-20(25)12-18-8-10-24(14-18)21(26)23-19-7-6-15(2)16(3)11-19/h6-7,11,13,18H,5,8-10,12,14H2,1-4H3,(H,23,26). The molecule has 2 heterocycles. The number of likely N-dealkylation sites (tertiary alicyclic amines) is 1. The van der Waals surface area contributed by atoms with Crippen molar-refractivity contribution in [2.75, 3.05) is 18.4 Å². The van der Waals surface area contributed by atoms with E-state index in [1.54, 1.807) is 0 Å². The van der Waals surface area contributed by atoms with Crippen LogP contribution in [0.2, 0.25) is 0 Å². The smallest absolute Gasteiger partial charge is 0.321 e. The maximum Gasteiger partial charge on any atom is 0.321 e. The van der Waals surface area contributed by atoms with Crippen molar-refractivity contribution < 1.29 is 4.79 Å². The Labute approximate surface area is 156 Å². The molecule has 0 bridgehead atoms. The van der Waals surface area contributed by atoms with E-state index in [0.717, 1.165) is 50.4 Å². The van der Waals surface area contributed by atoms with E-state index < -0.39 is 0 Å². The Bertz CT molecular complexity index is 780. The number of benzene rings is 1. The SMILES string of the molecule is CCCn1c(C)cnc1CC1CCN(C(=O)Nc2ccc(C)c(C)c2)C1. The number of hydrogen-bond donors (Lipinski definition) is 1. The fraction of sp³-hybridized carbons (Fsp3) is 0.524. The molecule has 5 heteroatoms. The van der Waals surface area contributed by atoms with Gasteiger partial charge in [-0.15, -0.1) is 0 Å². The van der Waals surface area contributed by atoms with Gasteiger partial charge in [0.15, 0.2) is 0 Å². The largest absolute Gasteiger partial charge is 0.332 e. The summed E-state index contributed by atoms with van der Waals surface area (Å²) in [6, 6.07) is 6.06. The van der Waals surface area contributed by atoms with Gasteiger partial charge in [-0.3, -0.25) is 0 Å². The van der Waals surface area contributed by atoms with Crippen LogP contribution in [-0.2, 0) is 13.0 Å². The van der Waals surface area contributed by atoms with Gasteiger partial charge in [0, 0.05) is 43.6 Å². The number of amides is 2. The maximum atomic E-state index is 12.6. The molecule has 1 fully saturated rings. The second kappa shape index (κ2) is 7.94. The highest BCUT2D eigenvalue weighted by molar-refractivity contribution is 5.89. The molecule has 1 aliphatic rings. The van der Waals surface area contributed by atoms with Crippen molar-refractivity contribution in [3.63, 3.8) is 0 Å². The molecule has 0 spiro atoms. The number of anilines is 1. The van der Waals surface area contributed by atoms with Crippen LogP contribution in [0.3, 0.4) is 0 Å². The first-order chi connectivity index (χ1) is 12.5. The number of nitrogens with one attached hydrogen (secondary N) is 1. The minimum absolute atomic E-state index is 0.00355. The van der Waals surface area contributed by atoms with Crippen LogP contribution >= 0.6 is 0 Å². The average molecular weight is 354 g/mol. The third-order valence-electron chi connectivity index (χ3n) is 5.39. The predicted octanol–water partition coefficient (Wildman–Crippen LogP) is 4.31. The van der Waals surface area contributed by atoms with Crippen molar-refractivity contribution in [1.82, 2.24) is 14.5 Å². The van der Waals surface area contributed by atoms with Crippen molar-refractivity contribution in [2.24, 2.45) is 5.92 Å². The highest BCUT2D eigenvalue weighted by atomic mass is 16.2. The molecule has 3 rings (SSSR count).